The summed E-state index contributed by atoms with van der Waals surface area (Å²) in [5.41, 5.74) is 0.440. The standard InChI is InChI=1S/C13H18Cl2N2O2S/c14-12-6-5-11(9-13(12)15)17-20(18,19)8-2-1-7-16-10-3-4-10/h5-6,9-10,16-17H,1-4,7-8H2. The first-order valence-electron chi connectivity index (χ1n) is 6.65. The summed E-state index contributed by atoms with van der Waals surface area (Å²) in [5.74, 6) is 0.111. The van der Waals surface area contributed by atoms with Crippen LogP contribution in [0.2, 0.25) is 10.0 Å². The van der Waals surface area contributed by atoms with Gasteiger partial charge in [-0.3, -0.25) is 4.72 Å². The number of nitrogens with one attached hydrogen (secondary N) is 2. The molecule has 1 aromatic carbocycles. The summed E-state index contributed by atoms with van der Waals surface area (Å²) >= 11 is 11.6. The molecule has 7 heteroatoms. The van der Waals surface area contributed by atoms with Gasteiger partial charge in [0.15, 0.2) is 0 Å². The molecule has 1 aliphatic rings. The number of hydrogen-bond acceptors (Lipinski definition) is 3. The van der Waals surface area contributed by atoms with E-state index in [0.717, 1.165) is 13.0 Å². The van der Waals surface area contributed by atoms with Crippen LogP contribution in [0.5, 0.6) is 0 Å². The van der Waals surface area contributed by atoms with Gasteiger partial charge in [-0.15, -0.1) is 0 Å². The zero-order valence-electron chi connectivity index (χ0n) is 11.0. The van der Waals surface area contributed by atoms with Crippen molar-refractivity contribution >= 4 is 38.9 Å². The number of benzene rings is 1. The van der Waals surface area contributed by atoms with Gasteiger partial charge in [-0.1, -0.05) is 23.2 Å². The van der Waals surface area contributed by atoms with E-state index in [2.05, 4.69) is 10.0 Å². The molecule has 0 aliphatic heterocycles. The lowest BCUT2D eigenvalue weighted by molar-refractivity contribution is 0.591. The minimum atomic E-state index is -3.33. The number of unbranched alkanes of at least 4 members (excludes halogenated alkanes) is 1. The van der Waals surface area contributed by atoms with Crippen LogP contribution in [0, 0.1) is 0 Å². The highest BCUT2D eigenvalue weighted by Gasteiger charge is 2.19. The molecule has 0 bridgehead atoms. The third-order valence-electron chi connectivity index (χ3n) is 3.04. The van der Waals surface area contributed by atoms with Gasteiger partial charge in [0.05, 0.1) is 21.5 Å². The summed E-state index contributed by atoms with van der Waals surface area (Å²) in [6, 6.07) is 5.35. The molecule has 112 valence electrons. The molecule has 1 aromatic rings. The number of sulfonamides is 1. The summed E-state index contributed by atoms with van der Waals surface area (Å²) in [6.45, 7) is 0.882. The molecule has 0 amide bonds. The Hall–Kier alpha value is -0.490. The quantitative estimate of drug-likeness (QED) is 0.716. The lowest BCUT2D eigenvalue weighted by Gasteiger charge is -2.09. The molecule has 0 saturated heterocycles. The van der Waals surface area contributed by atoms with Crippen molar-refractivity contribution in [2.24, 2.45) is 0 Å². The van der Waals surface area contributed by atoms with Crippen LogP contribution in [0.15, 0.2) is 18.2 Å². The van der Waals surface area contributed by atoms with Gasteiger partial charge in [-0.2, -0.15) is 0 Å². The van der Waals surface area contributed by atoms with E-state index in [1.165, 1.54) is 18.9 Å². The molecule has 2 N–H and O–H groups in total. The second-order valence-corrected chi connectivity index (χ2v) is 7.64. The second-order valence-electron chi connectivity index (χ2n) is 4.99. The molecule has 0 radical (unpaired) electrons. The van der Waals surface area contributed by atoms with Crippen LogP contribution in [-0.2, 0) is 10.0 Å². The van der Waals surface area contributed by atoms with E-state index in [-0.39, 0.29) is 5.75 Å². The van der Waals surface area contributed by atoms with E-state index < -0.39 is 10.0 Å². The van der Waals surface area contributed by atoms with Crippen molar-refractivity contribution in [2.75, 3.05) is 17.0 Å². The zero-order chi connectivity index (χ0) is 14.6. The smallest absolute Gasteiger partial charge is 0.232 e. The van der Waals surface area contributed by atoms with Crippen molar-refractivity contribution in [1.29, 1.82) is 0 Å². The molecule has 1 fully saturated rings. The Labute approximate surface area is 129 Å². The Kier molecular flexibility index (Phi) is 5.55. The first-order chi connectivity index (χ1) is 9.46. The predicted octanol–water partition coefficient (Wildman–Crippen LogP) is 3.27. The highest BCUT2D eigenvalue weighted by atomic mass is 35.5. The zero-order valence-corrected chi connectivity index (χ0v) is 13.4. The van der Waals surface area contributed by atoms with Crippen molar-refractivity contribution in [1.82, 2.24) is 5.32 Å². The number of halogens is 2. The monoisotopic (exact) mass is 336 g/mol. The lowest BCUT2D eigenvalue weighted by atomic mass is 10.3. The van der Waals surface area contributed by atoms with Gasteiger partial charge in [-0.05, 0) is 50.4 Å². The third kappa shape index (κ3) is 5.48. The van der Waals surface area contributed by atoms with Gasteiger partial charge in [0.2, 0.25) is 10.0 Å². The van der Waals surface area contributed by atoms with Gasteiger partial charge in [0, 0.05) is 6.04 Å². The highest BCUT2D eigenvalue weighted by Crippen LogP contribution is 2.25. The Morgan fingerprint density at radius 1 is 1.15 bits per heavy atom. The highest BCUT2D eigenvalue weighted by molar-refractivity contribution is 7.92. The second kappa shape index (κ2) is 6.98. The summed E-state index contributed by atoms with van der Waals surface area (Å²) in [4.78, 5) is 0. The van der Waals surface area contributed by atoms with Crippen LogP contribution in [-0.4, -0.2) is 26.8 Å². The molecule has 0 unspecified atom stereocenters. The average molecular weight is 337 g/mol. The fraction of sp³-hybridized carbons (Fsp3) is 0.538. The minimum Gasteiger partial charge on any atom is -0.314 e. The van der Waals surface area contributed by atoms with Crippen molar-refractivity contribution in [2.45, 2.75) is 31.7 Å². The lowest BCUT2D eigenvalue weighted by Crippen LogP contribution is -2.20. The number of rotatable bonds is 8. The van der Waals surface area contributed by atoms with E-state index in [9.17, 15) is 8.42 Å². The van der Waals surface area contributed by atoms with Crippen molar-refractivity contribution in [3.05, 3.63) is 28.2 Å². The maximum atomic E-state index is 11.9. The van der Waals surface area contributed by atoms with Crippen molar-refractivity contribution in [3.8, 4) is 0 Å². The molecule has 2 rings (SSSR count). The van der Waals surface area contributed by atoms with Gasteiger partial charge in [0.25, 0.3) is 0 Å². The Morgan fingerprint density at radius 2 is 1.90 bits per heavy atom. The third-order valence-corrected chi connectivity index (χ3v) is 5.16. The number of hydrogen-bond donors (Lipinski definition) is 2. The summed E-state index contributed by atoms with van der Waals surface area (Å²) < 4.78 is 26.3. The molecule has 1 aliphatic carbocycles. The molecular formula is C13H18Cl2N2O2S. The van der Waals surface area contributed by atoms with Gasteiger partial charge >= 0.3 is 0 Å². The Morgan fingerprint density at radius 3 is 2.55 bits per heavy atom. The van der Waals surface area contributed by atoms with Crippen LogP contribution in [0.4, 0.5) is 5.69 Å². The largest absolute Gasteiger partial charge is 0.314 e. The molecule has 0 spiro atoms. The van der Waals surface area contributed by atoms with Crippen LogP contribution < -0.4 is 10.0 Å². The topological polar surface area (TPSA) is 58.2 Å². The van der Waals surface area contributed by atoms with E-state index >= 15 is 0 Å². The molecule has 1 saturated carbocycles. The Balaban J connectivity index is 1.75. The van der Waals surface area contributed by atoms with Crippen LogP contribution in [0.1, 0.15) is 25.7 Å². The van der Waals surface area contributed by atoms with Crippen molar-refractivity contribution < 1.29 is 8.42 Å². The van der Waals surface area contributed by atoms with Crippen LogP contribution in [0.25, 0.3) is 0 Å². The van der Waals surface area contributed by atoms with E-state index in [0.29, 0.717) is 28.2 Å². The SMILES string of the molecule is O=S(=O)(CCCCNC1CC1)Nc1ccc(Cl)c(Cl)c1. The molecular weight excluding hydrogens is 319 g/mol. The molecule has 0 atom stereocenters. The van der Waals surface area contributed by atoms with Gasteiger partial charge in [-0.25, -0.2) is 8.42 Å². The minimum absolute atomic E-state index is 0.111. The van der Waals surface area contributed by atoms with Crippen molar-refractivity contribution in [3.63, 3.8) is 0 Å². The summed E-state index contributed by atoms with van der Waals surface area (Å²) in [6.07, 6.45) is 3.99. The summed E-state index contributed by atoms with van der Waals surface area (Å²) in [5, 5.41) is 4.10. The first-order valence-corrected chi connectivity index (χ1v) is 9.06. The molecule has 0 heterocycles. The maximum Gasteiger partial charge on any atom is 0.232 e. The Bertz CT molecular complexity index is 559. The molecule has 4 nitrogen and oxygen atoms in total. The van der Waals surface area contributed by atoms with Crippen LogP contribution in [0.3, 0.4) is 0 Å². The van der Waals surface area contributed by atoms with Crippen LogP contribution >= 0.6 is 23.2 Å². The maximum absolute atomic E-state index is 11.9. The first kappa shape index (κ1) is 15.9. The number of anilines is 1. The van der Waals surface area contributed by atoms with E-state index in [1.807, 2.05) is 0 Å². The molecule has 0 aromatic heterocycles. The van der Waals surface area contributed by atoms with Gasteiger partial charge < -0.3 is 5.32 Å². The average Bonchev–Trinajstić information content (AvgIpc) is 3.17. The fourth-order valence-corrected chi connectivity index (χ4v) is 3.27. The normalized spacial score (nSPS) is 15.3. The van der Waals surface area contributed by atoms with E-state index in [4.69, 9.17) is 23.2 Å². The summed E-state index contributed by atoms with van der Waals surface area (Å²) in [7, 11) is -3.33. The fourth-order valence-electron chi connectivity index (χ4n) is 1.80. The molecule has 20 heavy (non-hydrogen) atoms. The van der Waals surface area contributed by atoms with E-state index in [1.54, 1.807) is 12.1 Å². The van der Waals surface area contributed by atoms with Gasteiger partial charge in [0.1, 0.15) is 0 Å². The predicted molar refractivity (Wildman–Crippen MR) is 84.1 cm³/mol.